The zero-order valence-corrected chi connectivity index (χ0v) is 37.7. The fraction of sp³-hybridized carbons (Fsp3) is 0.111. The lowest BCUT2D eigenvalue weighted by atomic mass is 9.98. The van der Waals surface area contributed by atoms with Crippen molar-refractivity contribution in [3.05, 3.63) is 88.2 Å². The highest BCUT2D eigenvalue weighted by Crippen LogP contribution is 2.42. The number of hydrogen-bond donors (Lipinski definition) is 0. The predicted molar refractivity (Wildman–Crippen MR) is 222 cm³/mol. The zero-order chi connectivity index (χ0) is 32.0. The van der Waals surface area contributed by atoms with Gasteiger partial charge < -0.3 is 9.47 Å². The summed E-state index contributed by atoms with van der Waals surface area (Å²) in [6, 6.07) is 14.0. The third-order valence-electron chi connectivity index (χ3n) is 5.83. The third-order valence-corrected chi connectivity index (χ3v) is 19.0. The summed E-state index contributed by atoms with van der Waals surface area (Å²) < 4.78 is 91.3. The first-order valence-corrected chi connectivity index (χ1v) is 19.9. The number of hydrogen-bond acceptors (Lipinski definition) is 2. The van der Waals surface area contributed by atoms with Gasteiger partial charge in [0.15, 0.2) is 0 Å². The van der Waals surface area contributed by atoms with Crippen LogP contribution in [0, 0.1) is 28.6 Å². The van der Waals surface area contributed by atoms with Crippen molar-refractivity contribution in [2.45, 2.75) is 19.1 Å². The van der Waals surface area contributed by atoms with E-state index in [0.29, 0.717) is 20.7 Å². The van der Waals surface area contributed by atoms with E-state index in [-0.39, 0.29) is 11.5 Å². The number of halogens is 14. The van der Waals surface area contributed by atoms with E-state index in [9.17, 15) is 26.3 Å². The van der Waals surface area contributed by atoms with Crippen LogP contribution in [0.25, 0.3) is 22.3 Å². The van der Waals surface area contributed by atoms with Crippen LogP contribution in [0.4, 0.5) is 26.3 Å². The van der Waals surface area contributed by atoms with Crippen LogP contribution in [0.3, 0.4) is 0 Å². The van der Waals surface area contributed by atoms with Crippen LogP contribution in [0.2, 0.25) is 0 Å². The van der Waals surface area contributed by atoms with Crippen molar-refractivity contribution in [1.82, 2.24) is 0 Å². The summed E-state index contributed by atoms with van der Waals surface area (Å²) in [5, 5.41) is 0. The number of alkyl halides is 6. The highest BCUT2D eigenvalue weighted by molar-refractivity contribution is 14.1. The summed E-state index contributed by atoms with van der Waals surface area (Å²) in [7, 11) is 0. The molecule has 0 amide bonds. The van der Waals surface area contributed by atoms with Gasteiger partial charge in [0, 0.05) is 21.4 Å². The van der Waals surface area contributed by atoms with Gasteiger partial charge in [-0.3, -0.25) is 0 Å². The molecular weight excluding hydrogens is 1490 g/mol. The van der Waals surface area contributed by atoms with Crippen LogP contribution in [0.5, 0.6) is 11.5 Å². The fourth-order valence-electron chi connectivity index (χ4n) is 3.96. The first-order valence-electron chi connectivity index (χ1n) is 11.3. The molecule has 0 aliphatic heterocycles. The molecule has 0 N–H and O–H groups in total. The van der Waals surface area contributed by atoms with Crippen molar-refractivity contribution in [2.75, 3.05) is 0 Å². The molecule has 4 rings (SSSR count). The van der Waals surface area contributed by atoms with Crippen molar-refractivity contribution < 1.29 is 35.8 Å². The molecule has 4 aromatic rings. The molecule has 0 fully saturated rings. The van der Waals surface area contributed by atoms with E-state index in [2.05, 4.69) is 99.8 Å². The molecule has 0 aliphatic rings. The van der Waals surface area contributed by atoms with Crippen molar-refractivity contribution >= 4 is 181 Å². The summed E-state index contributed by atoms with van der Waals surface area (Å²) in [5.74, 6) is -0.463. The van der Waals surface area contributed by atoms with Gasteiger partial charge in [0.05, 0.1) is 7.14 Å². The number of benzene rings is 4. The van der Waals surface area contributed by atoms with E-state index in [0.717, 1.165) is 47.7 Å². The highest BCUT2D eigenvalue weighted by atomic mass is 127. The van der Waals surface area contributed by atoms with Crippen LogP contribution in [0.15, 0.2) is 48.5 Å². The SMILES string of the molecule is FC(F)(F)Oc1ccc(-c2ccc(Cc3ccc(-c4ccc(OC(F)(F)F)c(I)c4I)c(I)c3I)c(I)c2I)c(I)c1I. The minimum Gasteiger partial charge on any atom is -0.405 e. The molecule has 2 nitrogen and oxygen atoms in total. The van der Waals surface area contributed by atoms with Gasteiger partial charge in [0.1, 0.15) is 11.5 Å². The van der Waals surface area contributed by atoms with Crippen molar-refractivity contribution in [1.29, 1.82) is 0 Å². The standard InChI is InChI=1S/C27H10F6I8O2/c28-26(29,30)42-16-7-5-14(22(38)24(16)40)12-3-1-10(18(34)20(12)36)9-11-2-4-13(21(37)19(11)35)15-6-8-17(25(41)23(15)39)43-27(31,32)33/h1-8H,9H2. The molecule has 43 heavy (non-hydrogen) atoms. The number of ether oxygens (including phenoxy) is 2. The molecule has 0 aromatic heterocycles. The molecule has 0 radical (unpaired) electrons. The largest absolute Gasteiger partial charge is 0.573 e. The Hall–Kier alpha value is 1.90. The molecule has 0 spiro atoms. The molecule has 16 heteroatoms. The topological polar surface area (TPSA) is 18.5 Å². The fourth-order valence-corrected chi connectivity index (χ4v) is 9.55. The van der Waals surface area contributed by atoms with E-state index < -0.39 is 12.7 Å². The van der Waals surface area contributed by atoms with Crippen LogP contribution < -0.4 is 9.47 Å². The molecule has 0 bridgehead atoms. The molecule has 4 aromatic carbocycles. The maximum absolute atomic E-state index is 12.8. The second kappa shape index (κ2) is 15.2. The van der Waals surface area contributed by atoms with Gasteiger partial charge in [-0.05, 0) is 245 Å². The van der Waals surface area contributed by atoms with Crippen molar-refractivity contribution in [3.8, 4) is 33.8 Å². The third kappa shape index (κ3) is 9.13. The summed E-state index contributed by atoms with van der Waals surface area (Å²) >= 11 is 17.0. The van der Waals surface area contributed by atoms with Gasteiger partial charge >= 0.3 is 12.7 Å². The van der Waals surface area contributed by atoms with E-state index in [1.807, 2.05) is 115 Å². The second-order valence-electron chi connectivity index (χ2n) is 8.55. The summed E-state index contributed by atoms with van der Waals surface area (Å²) in [6.07, 6.45) is -8.89. The lowest BCUT2D eigenvalue weighted by molar-refractivity contribution is -0.276. The Bertz CT molecular complexity index is 1600. The molecule has 0 atom stereocenters. The maximum atomic E-state index is 12.8. The zero-order valence-electron chi connectivity index (χ0n) is 20.4. The quantitative estimate of drug-likeness (QED) is 0.141. The van der Waals surface area contributed by atoms with Crippen molar-refractivity contribution in [2.24, 2.45) is 0 Å². The van der Waals surface area contributed by atoms with Gasteiger partial charge in [0.25, 0.3) is 0 Å². The van der Waals surface area contributed by atoms with Crippen LogP contribution in [-0.4, -0.2) is 12.7 Å². The molecule has 0 saturated carbocycles. The van der Waals surface area contributed by atoms with Crippen LogP contribution in [-0.2, 0) is 6.42 Å². The molecule has 0 aliphatic carbocycles. The van der Waals surface area contributed by atoms with E-state index >= 15 is 0 Å². The molecule has 0 saturated heterocycles. The molecular formula is C27H10F6I8O2. The number of rotatable bonds is 6. The Kier molecular flexibility index (Phi) is 13.3. The van der Waals surface area contributed by atoms with E-state index in [1.54, 1.807) is 12.1 Å². The lowest BCUT2D eigenvalue weighted by Gasteiger charge is -2.18. The Labute approximate surface area is 351 Å². The smallest absolute Gasteiger partial charge is 0.405 e. The Morgan fingerprint density at radius 1 is 0.395 bits per heavy atom. The maximum Gasteiger partial charge on any atom is 0.573 e. The lowest BCUT2D eigenvalue weighted by Crippen LogP contribution is -2.18. The van der Waals surface area contributed by atoms with Crippen molar-refractivity contribution in [3.63, 3.8) is 0 Å². The van der Waals surface area contributed by atoms with Crippen LogP contribution >= 0.6 is 181 Å². The van der Waals surface area contributed by atoms with Crippen LogP contribution in [0.1, 0.15) is 11.1 Å². The monoisotopic (exact) mass is 1500 g/mol. The Balaban J connectivity index is 1.65. The summed E-state index contributed by atoms with van der Waals surface area (Å²) in [6.45, 7) is 0. The van der Waals surface area contributed by atoms with E-state index in [4.69, 9.17) is 0 Å². The first kappa shape index (κ1) is 37.7. The predicted octanol–water partition coefficient (Wildman–Crippen LogP) is 13.2. The van der Waals surface area contributed by atoms with Gasteiger partial charge in [-0.25, -0.2) is 0 Å². The molecule has 0 unspecified atom stereocenters. The van der Waals surface area contributed by atoms with Gasteiger partial charge in [-0.2, -0.15) is 0 Å². The first-order chi connectivity index (χ1) is 19.9. The van der Waals surface area contributed by atoms with Gasteiger partial charge in [-0.15, -0.1) is 26.3 Å². The minimum absolute atomic E-state index is 0.231. The molecule has 228 valence electrons. The highest BCUT2D eigenvalue weighted by Gasteiger charge is 2.33. The average Bonchev–Trinajstić information content (AvgIpc) is 2.90. The second-order valence-corrected chi connectivity index (χ2v) is 17.2. The Morgan fingerprint density at radius 2 is 0.674 bits per heavy atom. The Morgan fingerprint density at radius 3 is 0.977 bits per heavy atom. The van der Waals surface area contributed by atoms with Gasteiger partial charge in [0.2, 0.25) is 0 Å². The van der Waals surface area contributed by atoms with Gasteiger partial charge in [-0.1, -0.05) is 24.3 Å². The summed E-state index contributed by atoms with van der Waals surface area (Å²) in [4.78, 5) is 0. The average molecular weight is 1500 g/mol. The minimum atomic E-state index is -4.77. The normalized spacial score (nSPS) is 12.0. The summed E-state index contributed by atoms with van der Waals surface area (Å²) in [5.41, 5.74) is 5.65. The van der Waals surface area contributed by atoms with E-state index in [1.165, 1.54) is 12.1 Å². The molecule has 0 heterocycles.